The zero-order valence-electron chi connectivity index (χ0n) is 14.4. The summed E-state index contributed by atoms with van der Waals surface area (Å²) in [6.45, 7) is 0. The molecule has 4 aliphatic rings. The number of carboxylic acid groups (broad SMARTS) is 1. The molecule has 0 heterocycles. The van der Waals surface area contributed by atoms with Gasteiger partial charge in [0.25, 0.3) is 0 Å². The van der Waals surface area contributed by atoms with Gasteiger partial charge in [-0.25, -0.2) is 0 Å². The summed E-state index contributed by atoms with van der Waals surface area (Å²) in [6, 6.07) is 8.92. The normalized spacial score (nSPS) is 40.0. The molecular formula is C20H26N2O3. The quantitative estimate of drug-likeness (QED) is 0.755. The number of benzene rings is 1. The predicted molar refractivity (Wildman–Crippen MR) is 93.7 cm³/mol. The van der Waals surface area contributed by atoms with Crippen molar-refractivity contribution < 1.29 is 14.7 Å². The van der Waals surface area contributed by atoms with Crippen LogP contribution in [0.1, 0.15) is 37.7 Å². The molecule has 4 saturated carbocycles. The number of hydrogen-bond donors (Lipinski definition) is 3. The van der Waals surface area contributed by atoms with E-state index in [1.807, 2.05) is 30.3 Å². The number of ketones is 1. The minimum absolute atomic E-state index is 0.160. The summed E-state index contributed by atoms with van der Waals surface area (Å²) in [5.74, 6) is -1.01. The van der Waals surface area contributed by atoms with Crippen LogP contribution >= 0.6 is 0 Å². The average molecular weight is 342 g/mol. The van der Waals surface area contributed by atoms with E-state index in [2.05, 4.69) is 0 Å². The Labute approximate surface area is 147 Å². The molecule has 4 aliphatic carbocycles. The molecule has 4 atom stereocenters. The van der Waals surface area contributed by atoms with Gasteiger partial charge >= 0.3 is 5.97 Å². The highest BCUT2D eigenvalue weighted by Gasteiger charge is 2.68. The number of nitrogens with two attached hydrogens (primary N) is 2. The number of rotatable bonds is 5. The molecule has 5 N–H and O–H groups in total. The van der Waals surface area contributed by atoms with Crippen molar-refractivity contribution in [2.45, 2.75) is 50.1 Å². The van der Waals surface area contributed by atoms with Crippen LogP contribution in [-0.2, 0) is 16.0 Å². The van der Waals surface area contributed by atoms with Crippen molar-refractivity contribution in [1.29, 1.82) is 0 Å². The van der Waals surface area contributed by atoms with Crippen LogP contribution in [0.3, 0.4) is 0 Å². The number of carbonyl (C=O) groups is 2. The van der Waals surface area contributed by atoms with E-state index < -0.39 is 28.9 Å². The van der Waals surface area contributed by atoms with Crippen LogP contribution < -0.4 is 11.5 Å². The first-order valence-corrected chi connectivity index (χ1v) is 9.19. The lowest BCUT2D eigenvalue weighted by Crippen LogP contribution is -2.71. The predicted octanol–water partition coefficient (Wildman–Crippen LogP) is 1.73. The van der Waals surface area contributed by atoms with Gasteiger partial charge in [-0.1, -0.05) is 30.3 Å². The van der Waals surface area contributed by atoms with Crippen molar-refractivity contribution in [2.24, 2.45) is 34.6 Å². The fourth-order valence-corrected chi connectivity index (χ4v) is 6.28. The molecule has 0 aliphatic heterocycles. The standard InChI is InChI=1S/C20H26N2O3/c21-15(7-12-4-2-1-3-5-12)16(23)17-19(18(24)25)8-13-6-14(9-19)11-20(17,22)10-13/h1-5,13-15,17H,6-11,21-22H2,(H,24,25)/t13?,14?,15-,17?,19?,20?/m0/s1. The molecule has 5 rings (SSSR count). The maximum atomic E-state index is 13.3. The van der Waals surface area contributed by atoms with E-state index in [9.17, 15) is 14.7 Å². The highest BCUT2D eigenvalue weighted by molar-refractivity contribution is 5.94. The lowest BCUT2D eigenvalue weighted by atomic mass is 9.41. The summed E-state index contributed by atoms with van der Waals surface area (Å²) in [4.78, 5) is 25.5. The van der Waals surface area contributed by atoms with Crippen LogP contribution in [-0.4, -0.2) is 28.4 Å². The number of carboxylic acids is 1. The minimum atomic E-state index is -1.01. The van der Waals surface area contributed by atoms with Gasteiger partial charge in [-0.3, -0.25) is 9.59 Å². The molecule has 25 heavy (non-hydrogen) atoms. The number of Topliss-reactive ketones (excluding diaryl/α,β-unsaturated/α-hetero) is 1. The summed E-state index contributed by atoms with van der Waals surface area (Å²) in [7, 11) is 0. The average Bonchev–Trinajstić information content (AvgIpc) is 2.53. The monoisotopic (exact) mass is 342 g/mol. The molecule has 1 aromatic rings. The van der Waals surface area contributed by atoms with Crippen molar-refractivity contribution in [1.82, 2.24) is 0 Å². The van der Waals surface area contributed by atoms with Gasteiger partial charge in [0.2, 0.25) is 0 Å². The fourth-order valence-electron chi connectivity index (χ4n) is 6.28. The zero-order chi connectivity index (χ0) is 17.8. The molecular weight excluding hydrogens is 316 g/mol. The first-order chi connectivity index (χ1) is 11.8. The summed E-state index contributed by atoms with van der Waals surface area (Å²) in [6.07, 6.45) is 4.15. The lowest BCUT2D eigenvalue weighted by Gasteiger charge is -2.63. The van der Waals surface area contributed by atoms with Crippen LogP contribution in [0.4, 0.5) is 0 Å². The maximum absolute atomic E-state index is 13.3. The third-order valence-corrected chi connectivity index (χ3v) is 6.81. The van der Waals surface area contributed by atoms with E-state index in [1.165, 1.54) is 0 Å². The van der Waals surface area contributed by atoms with Crippen LogP contribution in [0.5, 0.6) is 0 Å². The first-order valence-electron chi connectivity index (χ1n) is 9.19. The Bertz CT molecular complexity index is 688. The van der Waals surface area contributed by atoms with E-state index >= 15 is 0 Å². The van der Waals surface area contributed by atoms with Gasteiger partial charge in [0.15, 0.2) is 5.78 Å². The van der Waals surface area contributed by atoms with E-state index in [1.54, 1.807) is 0 Å². The molecule has 5 nitrogen and oxygen atoms in total. The third-order valence-electron chi connectivity index (χ3n) is 6.81. The van der Waals surface area contributed by atoms with Gasteiger partial charge in [0.1, 0.15) is 0 Å². The van der Waals surface area contributed by atoms with Gasteiger partial charge in [-0.2, -0.15) is 0 Å². The molecule has 0 radical (unpaired) electrons. The minimum Gasteiger partial charge on any atom is -0.481 e. The van der Waals surface area contributed by atoms with Crippen molar-refractivity contribution in [2.75, 3.05) is 0 Å². The highest BCUT2D eigenvalue weighted by atomic mass is 16.4. The van der Waals surface area contributed by atoms with Crippen molar-refractivity contribution in [3.05, 3.63) is 35.9 Å². The summed E-state index contributed by atoms with van der Waals surface area (Å²) in [5, 5.41) is 10.0. The van der Waals surface area contributed by atoms with Gasteiger partial charge in [-0.15, -0.1) is 0 Å². The first kappa shape index (κ1) is 16.7. The van der Waals surface area contributed by atoms with Crippen molar-refractivity contribution in [3.63, 3.8) is 0 Å². The molecule has 0 aromatic heterocycles. The lowest BCUT2D eigenvalue weighted by molar-refractivity contribution is -0.185. The zero-order valence-corrected chi connectivity index (χ0v) is 14.4. The van der Waals surface area contributed by atoms with E-state index in [-0.39, 0.29) is 5.78 Å². The van der Waals surface area contributed by atoms with Crippen LogP contribution in [0.25, 0.3) is 0 Å². The van der Waals surface area contributed by atoms with Gasteiger partial charge < -0.3 is 16.6 Å². The molecule has 0 spiro atoms. The van der Waals surface area contributed by atoms with E-state index in [4.69, 9.17) is 11.5 Å². The summed E-state index contributed by atoms with van der Waals surface area (Å²) < 4.78 is 0. The fraction of sp³-hybridized carbons (Fsp3) is 0.600. The second kappa shape index (κ2) is 5.64. The Morgan fingerprint density at radius 2 is 1.72 bits per heavy atom. The number of carbonyl (C=O) groups excluding carboxylic acids is 1. The van der Waals surface area contributed by atoms with Crippen molar-refractivity contribution >= 4 is 11.8 Å². The Morgan fingerprint density at radius 3 is 2.28 bits per heavy atom. The third kappa shape index (κ3) is 2.52. The topological polar surface area (TPSA) is 106 Å². The molecule has 134 valence electrons. The molecule has 0 amide bonds. The largest absolute Gasteiger partial charge is 0.481 e. The van der Waals surface area contributed by atoms with Gasteiger partial charge in [-0.05, 0) is 55.9 Å². The summed E-state index contributed by atoms with van der Waals surface area (Å²) >= 11 is 0. The SMILES string of the molecule is N[C@@H](Cc1ccccc1)C(=O)C1C2(N)CC3CC(C2)CC1(C(=O)O)C3. The highest BCUT2D eigenvalue weighted by Crippen LogP contribution is 2.64. The Hall–Kier alpha value is -1.72. The smallest absolute Gasteiger partial charge is 0.310 e. The number of aliphatic carboxylic acids is 1. The van der Waals surface area contributed by atoms with E-state index in [0.29, 0.717) is 31.1 Å². The second-order valence-corrected chi connectivity index (χ2v) is 8.61. The molecule has 1 aromatic carbocycles. The van der Waals surface area contributed by atoms with Crippen molar-refractivity contribution in [3.8, 4) is 0 Å². The Morgan fingerprint density at radius 1 is 1.12 bits per heavy atom. The molecule has 4 bridgehead atoms. The van der Waals surface area contributed by atoms with Crippen LogP contribution in [0, 0.1) is 23.2 Å². The second-order valence-electron chi connectivity index (χ2n) is 8.61. The van der Waals surface area contributed by atoms with Crippen LogP contribution in [0.15, 0.2) is 30.3 Å². The maximum Gasteiger partial charge on any atom is 0.310 e. The Kier molecular flexibility index (Phi) is 3.78. The number of hydrogen-bond acceptors (Lipinski definition) is 4. The molecule has 4 fully saturated rings. The molecule has 0 saturated heterocycles. The Balaban J connectivity index is 1.65. The molecule has 5 heteroatoms. The van der Waals surface area contributed by atoms with Crippen LogP contribution in [0.2, 0.25) is 0 Å². The molecule has 3 unspecified atom stereocenters. The summed E-state index contributed by atoms with van der Waals surface area (Å²) in [5.41, 5.74) is 12.2. The van der Waals surface area contributed by atoms with Gasteiger partial charge in [0.05, 0.1) is 17.4 Å². The van der Waals surface area contributed by atoms with E-state index in [0.717, 1.165) is 24.8 Å². The van der Waals surface area contributed by atoms with Gasteiger partial charge in [0, 0.05) is 5.54 Å².